The number of aryl methyl sites for hydroxylation is 2. The number of benzene rings is 1. The molecule has 154 valence electrons. The summed E-state index contributed by atoms with van der Waals surface area (Å²) in [4.78, 5) is 20.9. The molecule has 4 aromatic heterocycles. The van der Waals surface area contributed by atoms with Gasteiger partial charge in [0.05, 0.1) is 27.2 Å². The molecule has 0 saturated carbocycles. The number of nitrogens with one attached hydrogen (secondary N) is 1. The lowest BCUT2D eigenvalue weighted by molar-refractivity contribution is 0.102. The summed E-state index contributed by atoms with van der Waals surface area (Å²) in [5.41, 5.74) is 4.55. The molecule has 4 heterocycles. The van der Waals surface area contributed by atoms with Crippen LogP contribution in [0, 0.1) is 13.8 Å². The first-order chi connectivity index (χ1) is 15.1. The Balaban J connectivity index is 1.44. The zero-order chi connectivity index (χ0) is 21.4. The lowest BCUT2D eigenvalue weighted by atomic mass is 10.1. The summed E-state index contributed by atoms with van der Waals surface area (Å²) in [6, 6.07) is 13.4. The minimum atomic E-state index is -0.238. The zero-order valence-electron chi connectivity index (χ0n) is 16.4. The van der Waals surface area contributed by atoms with Crippen molar-refractivity contribution in [2.75, 3.05) is 5.32 Å². The van der Waals surface area contributed by atoms with Crippen molar-refractivity contribution in [3.63, 3.8) is 0 Å². The molecule has 0 saturated heterocycles. The summed E-state index contributed by atoms with van der Waals surface area (Å²) in [7, 11) is 0. The quantitative estimate of drug-likeness (QED) is 0.349. The summed E-state index contributed by atoms with van der Waals surface area (Å²) < 4.78 is 6.25. The zero-order valence-corrected chi connectivity index (χ0v) is 18.9. The summed E-state index contributed by atoms with van der Waals surface area (Å²) in [6.45, 7) is 3.84. The third kappa shape index (κ3) is 4.09. The van der Waals surface area contributed by atoms with Crippen molar-refractivity contribution in [3.05, 3.63) is 64.1 Å². The third-order valence-corrected chi connectivity index (χ3v) is 7.32. The molecule has 31 heavy (non-hydrogen) atoms. The van der Waals surface area contributed by atoms with Crippen LogP contribution in [0.4, 0.5) is 5.69 Å². The normalized spacial score (nSPS) is 11.2. The number of hydrogen-bond donors (Lipinski definition) is 1. The Kier molecular flexibility index (Phi) is 5.26. The van der Waals surface area contributed by atoms with Gasteiger partial charge in [-0.3, -0.25) is 4.79 Å². The maximum absolute atomic E-state index is 13.2. The Hall–Kier alpha value is -3.08. The second-order valence-corrected chi connectivity index (χ2v) is 10.1. The van der Waals surface area contributed by atoms with Gasteiger partial charge in [-0.25, -0.2) is 4.98 Å². The third-order valence-electron chi connectivity index (χ3n) is 4.51. The largest absolute Gasteiger partial charge is 0.335 e. The van der Waals surface area contributed by atoms with Gasteiger partial charge in [0.1, 0.15) is 5.51 Å². The predicted molar refractivity (Wildman–Crippen MR) is 123 cm³/mol. The van der Waals surface area contributed by atoms with Crippen LogP contribution in [0.25, 0.3) is 21.7 Å². The van der Waals surface area contributed by atoms with Crippen LogP contribution in [0.2, 0.25) is 0 Å². The number of amides is 1. The highest BCUT2D eigenvalue weighted by Gasteiger charge is 2.20. The van der Waals surface area contributed by atoms with Crippen LogP contribution in [0.1, 0.15) is 20.9 Å². The number of nitrogens with zero attached hydrogens (tertiary/aromatic N) is 4. The topological polar surface area (TPSA) is 93.8 Å². The Labute approximate surface area is 189 Å². The molecule has 1 amide bonds. The molecule has 0 fully saturated rings. The van der Waals surface area contributed by atoms with E-state index in [-0.39, 0.29) is 5.91 Å². The van der Waals surface area contributed by atoms with E-state index in [1.807, 2.05) is 43.3 Å². The molecule has 10 heteroatoms. The van der Waals surface area contributed by atoms with E-state index in [1.54, 1.807) is 29.8 Å². The fourth-order valence-corrected chi connectivity index (χ4v) is 5.36. The second kappa shape index (κ2) is 8.22. The molecule has 5 aromatic rings. The van der Waals surface area contributed by atoms with Crippen molar-refractivity contribution in [2.45, 2.75) is 23.1 Å². The molecule has 1 aromatic carbocycles. The first-order valence-corrected chi connectivity index (χ1v) is 11.8. The lowest BCUT2D eigenvalue weighted by Crippen LogP contribution is -2.13. The Morgan fingerprint density at radius 2 is 1.97 bits per heavy atom. The molecule has 0 atom stereocenters. The van der Waals surface area contributed by atoms with E-state index >= 15 is 0 Å². The Morgan fingerprint density at radius 1 is 1.13 bits per heavy atom. The van der Waals surface area contributed by atoms with E-state index in [9.17, 15) is 4.79 Å². The molecule has 0 unspecified atom stereocenters. The van der Waals surface area contributed by atoms with E-state index in [4.69, 9.17) is 4.52 Å². The highest BCUT2D eigenvalue weighted by Crippen LogP contribution is 2.32. The van der Waals surface area contributed by atoms with E-state index in [0.29, 0.717) is 33.7 Å². The van der Waals surface area contributed by atoms with E-state index < -0.39 is 0 Å². The van der Waals surface area contributed by atoms with E-state index in [0.717, 1.165) is 14.1 Å². The fourth-order valence-electron chi connectivity index (χ4n) is 3.09. The lowest BCUT2D eigenvalue weighted by Gasteiger charge is -2.08. The summed E-state index contributed by atoms with van der Waals surface area (Å²) in [5.74, 6) is -0.238. The highest BCUT2D eigenvalue weighted by molar-refractivity contribution is 8.01. The average Bonchev–Trinajstić information content (AvgIpc) is 3.51. The Bertz CT molecular complexity index is 1370. The van der Waals surface area contributed by atoms with Gasteiger partial charge < -0.3 is 9.84 Å². The van der Waals surface area contributed by atoms with Crippen LogP contribution in [0.5, 0.6) is 0 Å². The minimum absolute atomic E-state index is 0.238. The molecule has 0 aliphatic heterocycles. The standard InChI is InChI=1S/C21H15N5O2S3/c1-11-3-8-17(30-11)16-9-15(18-12(2)26-28-20(18)24-16)19(27)23-13-4-6-14(7-5-13)31-21-25-22-10-29-21/h3-10H,1-2H3,(H,23,27). The van der Waals surface area contributed by atoms with Gasteiger partial charge in [0.25, 0.3) is 11.6 Å². The maximum Gasteiger partial charge on any atom is 0.259 e. The van der Waals surface area contributed by atoms with Crippen LogP contribution in [0.3, 0.4) is 0 Å². The highest BCUT2D eigenvalue weighted by atomic mass is 32.2. The van der Waals surface area contributed by atoms with E-state index in [1.165, 1.54) is 28.0 Å². The first-order valence-electron chi connectivity index (χ1n) is 9.26. The van der Waals surface area contributed by atoms with Gasteiger partial charge in [-0.1, -0.05) is 28.3 Å². The molecule has 7 nitrogen and oxygen atoms in total. The SMILES string of the molecule is Cc1ccc(-c2cc(C(=O)Nc3ccc(Sc4nncs4)cc3)c3c(C)noc3n2)s1. The van der Waals surface area contributed by atoms with Gasteiger partial charge in [-0.2, -0.15) is 0 Å². The molecular formula is C21H15N5O2S3. The number of fused-ring (bicyclic) bond motifs is 1. The van der Waals surface area contributed by atoms with Gasteiger partial charge in [-0.15, -0.1) is 21.5 Å². The van der Waals surface area contributed by atoms with Gasteiger partial charge >= 0.3 is 0 Å². The molecule has 5 rings (SSSR count). The van der Waals surface area contributed by atoms with E-state index in [2.05, 4.69) is 25.7 Å². The minimum Gasteiger partial charge on any atom is -0.335 e. The van der Waals surface area contributed by atoms with Crippen molar-refractivity contribution in [3.8, 4) is 10.6 Å². The monoisotopic (exact) mass is 465 g/mol. The van der Waals surface area contributed by atoms with Gasteiger partial charge in [0.2, 0.25) is 0 Å². The second-order valence-electron chi connectivity index (χ2n) is 6.70. The van der Waals surface area contributed by atoms with Gasteiger partial charge in [-0.05, 0) is 56.3 Å². The van der Waals surface area contributed by atoms with Crippen LogP contribution >= 0.6 is 34.4 Å². The van der Waals surface area contributed by atoms with Crippen molar-refractivity contribution in [1.29, 1.82) is 0 Å². The predicted octanol–water partition coefficient (Wildman–Crippen LogP) is 5.82. The van der Waals surface area contributed by atoms with Gasteiger partial charge in [0, 0.05) is 15.5 Å². The van der Waals surface area contributed by atoms with Crippen LogP contribution in [0.15, 0.2) is 61.7 Å². The number of pyridine rings is 1. The molecule has 1 N–H and O–H groups in total. The number of thiophene rings is 1. The number of rotatable bonds is 5. The number of hydrogen-bond acceptors (Lipinski definition) is 9. The summed E-state index contributed by atoms with van der Waals surface area (Å²) in [6.07, 6.45) is 0. The van der Waals surface area contributed by atoms with Crippen molar-refractivity contribution in [1.82, 2.24) is 20.3 Å². The number of anilines is 1. The van der Waals surface area contributed by atoms with Crippen LogP contribution in [-0.4, -0.2) is 26.2 Å². The van der Waals surface area contributed by atoms with Crippen LogP contribution in [-0.2, 0) is 0 Å². The fraction of sp³-hybridized carbons (Fsp3) is 0.0952. The molecular weight excluding hydrogens is 450 g/mol. The summed E-state index contributed by atoms with van der Waals surface area (Å²) in [5, 5.41) is 15.5. The molecule has 0 spiro atoms. The number of aromatic nitrogens is 4. The molecule has 0 aliphatic rings. The summed E-state index contributed by atoms with van der Waals surface area (Å²) >= 11 is 4.63. The van der Waals surface area contributed by atoms with Crippen molar-refractivity contribution >= 4 is 57.1 Å². The van der Waals surface area contributed by atoms with Gasteiger partial charge in [0.15, 0.2) is 4.34 Å². The molecule has 0 bridgehead atoms. The van der Waals surface area contributed by atoms with Crippen LogP contribution < -0.4 is 5.32 Å². The molecule has 0 aliphatic carbocycles. The maximum atomic E-state index is 13.2. The van der Waals surface area contributed by atoms with Crippen molar-refractivity contribution < 1.29 is 9.32 Å². The Morgan fingerprint density at radius 3 is 2.68 bits per heavy atom. The number of carbonyl (C=O) groups is 1. The molecule has 0 radical (unpaired) electrons. The number of carbonyl (C=O) groups excluding carboxylic acids is 1. The average molecular weight is 466 g/mol. The van der Waals surface area contributed by atoms with Crippen molar-refractivity contribution in [2.24, 2.45) is 0 Å². The first kappa shape index (κ1) is 19.9. The smallest absolute Gasteiger partial charge is 0.259 e.